The van der Waals surface area contributed by atoms with Crippen LogP contribution in [0.1, 0.15) is 12.0 Å². The molecule has 1 aromatic rings. The average molecular weight is 311 g/mol. The number of nitrogens with zero attached hydrogens (tertiary/aromatic N) is 1. The molecule has 3 amide bonds. The van der Waals surface area contributed by atoms with Crippen LogP contribution in [0.25, 0.3) is 0 Å². The molecule has 1 aliphatic heterocycles. The highest BCUT2D eigenvalue weighted by atomic mass is 79.9. The first-order valence-electron chi connectivity index (χ1n) is 5.92. The number of hydrogen-bond donors (Lipinski definition) is 1. The third-order valence-electron chi connectivity index (χ3n) is 2.88. The van der Waals surface area contributed by atoms with Gasteiger partial charge in [-0.1, -0.05) is 46.3 Å². The molecule has 18 heavy (non-hydrogen) atoms. The zero-order valence-corrected chi connectivity index (χ0v) is 11.5. The van der Waals surface area contributed by atoms with Crippen LogP contribution in [0.15, 0.2) is 30.3 Å². The SMILES string of the molecule is O=C1CN(CCC(Br)Cc2ccccc2)C(=O)N1. The van der Waals surface area contributed by atoms with E-state index in [0.717, 1.165) is 12.8 Å². The zero-order chi connectivity index (χ0) is 13.0. The van der Waals surface area contributed by atoms with Gasteiger partial charge in [-0.2, -0.15) is 0 Å². The van der Waals surface area contributed by atoms with E-state index >= 15 is 0 Å². The van der Waals surface area contributed by atoms with E-state index in [1.807, 2.05) is 18.2 Å². The Morgan fingerprint density at radius 2 is 2.00 bits per heavy atom. The van der Waals surface area contributed by atoms with E-state index in [1.54, 1.807) is 4.90 Å². The average Bonchev–Trinajstić information content (AvgIpc) is 2.66. The number of amides is 3. The van der Waals surface area contributed by atoms with E-state index in [0.29, 0.717) is 11.4 Å². The van der Waals surface area contributed by atoms with Crippen LogP contribution in [-0.2, 0) is 11.2 Å². The number of carbonyl (C=O) groups is 2. The van der Waals surface area contributed by atoms with Crippen LogP contribution in [0, 0.1) is 0 Å². The van der Waals surface area contributed by atoms with Crippen molar-refractivity contribution in [3.8, 4) is 0 Å². The molecule has 1 saturated heterocycles. The van der Waals surface area contributed by atoms with E-state index in [1.165, 1.54) is 5.56 Å². The number of alkyl halides is 1. The number of benzene rings is 1. The fourth-order valence-corrected chi connectivity index (χ4v) is 2.51. The molecule has 1 heterocycles. The molecule has 0 aromatic heterocycles. The van der Waals surface area contributed by atoms with Crippen molar-refractivity contribution in [3.05, 3.63) is 35.9 Å². The molecule has 2 rings (SSSR count). The molecule has 0 spiro atoms. The summed E-state index contributed by atoms with van der Waals surface area (Å²) in [5.41, 5.74) is 1.27. The number of imide groups is 1. The minimum absolute atomic E-state index is 0.184. The molecule has 0 bridgehead atoms. The smallest absolute Gasteiger partial charge is 0.315 e. The molecule has 0 saturated carbocycles. The van der Waals surface area contributed by atoms with Gasteiger partial charge < -0.3 is 4.90 Å². The highest BCUT2D eigenvalue weighted by Gasteiger charge is 2.26. The fourth-order valence-electron chi connectivity index (χ4n) is 1.93. The van der Waals surface area contributed by atoms with Gasteiger partial charge in [0, 0.05) is 11.4 Å². The number of rotatable bonds is 5. The summed E-state index contributed by atoms with van der Waals surface area (Å²) in [5.74, 6) is -0.214. The summed E-state index contributed by atoms with van der Waals surface area (Å²) >= 11 is 3.61. The predicted octanol–water partition coefficient (Wildman–Crippen LogP) is 1.93. The molecule has 1 atom stereocenters. The Hall–Kier alpha value is -1.36. The summed E-state index contributed by atoms with van der Waals surface area (Å²) in [6.07, 6.45) is 1.75. The fraction of sp³-hybridized carbons (Fsp3) is 0.385. The van der Waals surface area contributed by atoms with Gasteiger partial charge in [-0.3, -0.25) is 10.1 Å². The summed E-state index contributed by atoms with van der Waals surface area (Å²) in [6.45, 7) is 0.782. The Bertz CT molecular complexity index is 436. The van der Waals surface area contributed by atoms with Crippen LogP contribution in [0.4, 0.5) is 4.79 Å². The van der Waals surface area contributed by atoms with E-state index < -0.39 is 0 Å². The molecule has 0 aliphatic carbocycles. The van der Waals surface area contributed by atoms with E-state index in [9.17, 15) is 9.59 Å². The standard InChI is InChI=1S/C13H15BrN2O2/c14-11(8-10-4-2-1-3-5-10)6-7-16-9-12(17)15-13(16)18/h1-5,11H,6-9H2,(H,15,17,18). The van der Waals surface area contributed by atoms with E-state index in [2.05, 4.69) is 33.4 Å². The molecule has 4 nitrogen and oxygen atoms in total. The van der Waals surface area contributed by atoms with Gasteiger partial charge >= 0.3 is 6.03 Å². The van der Waals surface area contributed by atoms with Gasteiger partial charge in [-0.05, 0) is 18.4 Å². The maximum absolute atomic E-state index is 11.3. The van der Waals surface area contributed by atoms with Gasteiger partial charge in [-0.15, -0.1) is 0 Å². The lowest BCUT2D eigenvalue weighted by molar-refractivity contribution is -0.118. The highest BCUT2D eigenvalue weighted by molar-refractivity contribution is 9.09. The van der Waals surface area contributed by atoms with Crippen molar-refractivity contribution in [1.82, 2.24) is 10.2 Å². The first-order valence-corrected chi connectivity index (χ1v) is 6.83. The second kappa shape index (κ2) is 6.00. The lowest BCUT2D eigenvalue weighted by atomic mass is 10.1. The van der Waals surface area contributed by atoms with Crippen molar-refractivity contribution < 1.29 is 9.59 Å². The van der Waals surface area contributed by atoms with Crippen LogP contribution >= 0.6 is 15.9 Å². The molecular formula is C13H15BrN2O2. The second-order valence-corrected chi connectivity index (χ2v) is 5.65. The first-order chi connectivity index (χ1) is 8.65. The van der Waals surface area contributed by atoms with Crippen LogP contribution in [0.3, 0.4) is 0 Å². The largest absolute Gasteiger partial charge is 0.324 e. The van der Waals surface area contributed by atoms with Crippen molar-refractivity contribution in [2.45, 2.75) is 17.7 Å². The van der Waals surface area contributed by atoms with Gasteiger partial charge in [0.05, 0.1) is 0 Å². The summed E-state index contributed by atoms with van der Waals surface area (Å²) in [5, 5.41) is 2.27. The molecule has 1 aliphatic rings. The lowest BCUT2D eigenvalue weighted by Gasteiger charge is -2.16. The van der Waals surface area contributed by atoms with E-state index in [-0.39, 0.29) is 18.5 Å². The number of carbonyl (C=O) groups excluding carboxylic acids is 2. The summed E-state index contributed by atoms with van der Waals surface area (Å²) in [7, 11) is 0. The van der Waals surface area contributed by atoms with Gasteiger partial charge in [-0.25, -0.2) is 4.79 Å². The zero-order valence-electron chi connectivity index (χ0n) is 9.93. The Morgan fingerprint density at radius 1 is 1.28 bits per heavy atom. The lowest BCUT2D eigenvalue weighted by Crippen LogP contribution is -2.30. The summed E-state index contributed by atoms with van der Waals surface area (Å²) in [4.78, 5) is 24.2. The van der Waals surface area contributed by atoms with Crippen molar-refractivity contribution in [3.63, 3.8) is 0 Å². The third kappa shape index (κ3) is 3.57. The summed E-state index contributed by atoms with van der Waals surface area (Å²) < 4.78 is 0. The maximum Gasteiger partial charge on any atom is 0.324 e. The topological polar surface area (TPSA) is 49.4 Å². The first kappa shape index (κ1) is 13.1. The molecule has 1 unspecified atom stereocenters. The number of hydrogen-bond acceptors (Lipinski definition) is 2. The van der Waals surface area contributed by atoms with Gasteiger partial charge in [0.15, 0.2) is 0 Å². The third-order valence-corrected chi connectivity index (χ3v) is 3.66. The van der Waals surface area contributed by atoms with Crippen molar-refractivity contribution in [2.24, 2.45) is 0 Å². The Labute approximate surface area is 114 Å². The minimum Gasteiger partial charge on any atom is -0.315 e. The number of nitrogens with one attached hydrogen (secondary N) is 1. The van der Waals surface area contributed by atoms with Crippen molar-refractivity contribution >= 4 is 27.9 Å². The highest BCUT2D eigenvalue weighted by Crippen LogP contribution is 2.14. The van der Waals surface area contributed by atoms with Crippen LogP contribution in [0.2, 0.25) is 0 Å². The van der Waals surface area contributed by atoms with E-state index in [4.69, 9.17) is 0 Å². The number of halogens is 1. The normalized spacial score (nSPS) is 16.8. The molecule has 1 fully saturated rings. The molecule has 0 radical (unpaired) electrons. The second-order valence-electron chi connectivity index (χ2n) is 4.35. The maximum atomic E-state index is 11.3. The van der Waals surface area contributed by atoms with Crippen LogP contribution in [0.5, 0.6) is 0 Å². The Morgan fingerprint density at radius 3 is 2.61 bits per heavy atom. The molecule has 5 heteroatoms. The molecule has 96 valence electrons. The van der Waals surface area contributed by atoms with Crippen LogP contribution in [-0.4, -0.2) is 34.8 Å². The minimum atomic E-state index is -0.278. The number of urea groups is 1. The van der Waals surface area contributed by atoms with Crippen molar-refractivity contribution in [1.29, 1.82) is 0 Å². The van der Waals surface area contributed by atoms with Crippen molar-refractivity contribution in [2.75, 3.05) is 13.1 Å². The summed E-state index contributed by atoms with van der Waals surface area (Å²) in [6, 6.07) is 9.91. The molecular weight excluding hydrogens is 296 g/mol. The van der Waals surface area contributed by atoms with Crippen LogP contribution < -0.4 is 5.32 Å². The molecule has 1 N–H and O–H groups in total. The van der Waals surface area contributed by atoms with Gasteiger partial charge in [0.2, 0.25) is 5.91 Å². The predicted molar refractivity (Wildman–Crippen MR) is 72.6 cm³/mol. The quantitative estimate of drug-likeness (QED) is 0.667. The van der Waals surface area contributed by atoms with Gasteiger partial charge in [0.25, 0.3) is 0 Å². The molecule has 1 aromatic carbocycles. The Balaban J connectivity index is 1.77. The Kier molecular flexibility index (Phi) is 4.36. The van der Waals surface area contributed by atoms with Gasteiger partial charge in [0.1, 0.15) is 6.54 Å². The monoisotopic (exact) mass is 310 g/mol.